The lowest BCUT2D eigenvalue weighted by atomic mass is 9.76. The first-order chi connectivity index (χ1) is 19.8. The minimum Gasteiger partial charge on any atom is -0.497 e. The number of aromatic nitrogens is 1. The smallest absolute Gasteiger partial charge is 0.262 e. The highest BCUT2D eigenvalue weighted by molar-refractivity contribution is 6.31. The molecule has 6 rings (SSSR count). The van der Waals surface area contributed by atoms with Crippen LogP contribution in [0.1, 0.15) is 37.9 Å². The molecule has 4 aromatic carbocycles. The Kier molecular flexibility index (Phi) is 6.89. The van der Waals surface area contributed by atoms with Crippen molar-refractivity contribution in [2.75, 3.05) is 12.0 Å². The van der Waals surface area contributed by atoms with Gasteiger partial charge in [-0.05, 0) is 91.3 Å². The molecule has 0 radical (unpaired) electrons. The van der Waals surface area contributed by atoms with Crippen molar-refractivity contribution in [2.24, 2.45) is 0 Å². The summed E-state index contributed by atoms with van der Waals surface area (Å²) in [6.45, 7) is 1.80. The number of halogens is 2. The van der Waals surface area contributed by atoms with Gasteiger partial charge < -0.3 is 4.74 Å². The number of fused-ring (bicyclic) bond motifs is 1. The SMILES string of the molecule is COc1ccc2c(c1)c(C1C(=O)N(c3ccccc3)C1C(=O)c1ccc(Cl)cc1)c(C)n2C(=O)c1ccc(Cl)cc1. The van der Waals surface area contributed by atoms with E-state index in [0.29, 0.717) is 54.8 Å². The van der Waals surface area contributed by atoms with Crippen LogP contribution in [-0.2, 0) is 4.79 Å². The maximum atomic E-state index is 14.1. The van der Waals surface area contributed by atoms with Gasteiger partial charge in [-0.25, -0.2) is 0 Å². The third-order valence-electron chi connectivity index (χ3n) is 7.59. The van der Waals surface area contributed by atoms with Crippen molar-refractivity contribution in [1.82, 2.24) is 4.57 Å². The van der Waals surface area contributed by atoms with Crippen LogP contribution < -0.4 is 9.64 Å². The van der Waals surface area contributed by atoms with E-state index in [1.807, 2.05) is 24.3 Å². The van der Waals surface area contributed by atoms with Gasteiger partial charge in [0.05, 0.1) is 18.5 Å². The Bertz CT molecular complexity index is 1810. The van der Waals surface area contributed by atoms with E-state index in [0.717, 1.165) is 0 Å². The molecule has 0 spiro atoms. The molecule has 1 aliphatic heterocycles. The summed E-state index contributed by atoms with van der Waals surface area (Å²) in [6.07, 6.45) is 0. The van der Waals surface area contributed by atoms with E-state index in [4.69, 9.17) is 27.9 Å². The Labute approximate surface area is 246 Å². The molecular weight excluding hydrogens is 559 g/mol. The summed E-state index contributed by atoms with van der Waals surface area (Å²) in [5.74, 6) is -0.975. The lowest BCUT2D eigenvalue weighted by molar-refractivity contribution is -0.125. The summed E-state index contributed by atoms with van der Waals surface area (Å²) >= 11 is 12.2. The first kappa shape index (κ1) is 26.8. The predicted molar refractivity (Wildman–Crippen MR) is 161 cm³/mol. The van der Waals surface area contributed by atoms with Crippen molar-refractivity contribution in [3.63, 3.8) is 0 Å². The molecule has 0 saturated carbocycles. The standard InChI is InChI=1S/C33H24Cl2N2O4/c1-19-28(26-18-25(41-2)16-17-27(26)36(19)32(39)21-10-14-23(35)15-11-21)29-30(31(38)20-8-12-22(34)13-9-20)37(33(29)40)24-6-4-3-5-7-24/h3-18,29-30H,1-2H3. The van der Waals surface area contributed by atoms with E-state index < -0.39 is 12.0 Å². The molecule has 1 aromatic heterocycles. The number of nitrogens with zero attached hydrogens (tertiary/aromatic N) is 2. The first-order valence-corrected chi connectivity index (χ1v) is 13.7. The number of Topliss-reactive ketones (excluding diaryl/α,β-unsaturated/α-hetero) is 1. The number of ketones is 1. The number of hydrogen-bond acceptors (Lipinski definition) is 4. The summed E-state index contributed by atoms with van der Waals surface area (Å²) in [6, 6.07) is 27.0. The molecule has 204 valence electrons. The fraction of sp³-hybridized carbons (Fsp3) is 0.121. The van der Waals surface area contributed by atoms with Gasteiger partial charge in [-0.1, -0.05) is 41.4 Å². The van der Waals surface area contributed by atoms with Crippen molar-refractivity contribution < 1.29 is 19.1 Å². The minimum atomic E-state index is -0.833. The van der Waals surface area contributed by atoms with E-state index in [1.165, 1.54) is 4.90 Å². The third kappa shape index (κ3) is 4.49. The van der Waals surface area contributed by atoms with Crippen LogP contribution >= 0.6 is 23.2 Å². The normalized spacial score (nSPS) is 16.5. The highest BCUT2D eigenvalue weighted by Crippen LogP contribution is 2.46. The number of methoxy groups -OCH3 is 1. The van der Waals surface area contributed by atoms with Crippen LogP contribution in [0.5, 0.6) is 5.75 Å². The van der Waals surface area contributed by atoms with E-state index in [9.17, 15) is 14.4 Å². The summed E-state index contributed by atoms with van der Waals surface area (Å²) in [5.41, 5.74) is 3.31. The Morgan fingerprint density at radius 2 is 1.41 bits per heavy atom. The van der Waals surface area contributed by atoms with Gasteiger partial charge in [0, 0.05) is 37.9 Å². The third-order valence-corrected chi connectivity index (χ3v) is 8.10. The molecule has 0 aliphatic carbocycles. The maximum absolute atomic E-state index is 14.1. The second-order valence-corrected chi connectivity index (χ2v) is 10.7. The molecule has 8 heteroatoms. The van der Waals surface area contributed by atoms with E-state index in [-0.39, 0.29) is 17.6 Å². The Morgan fingerprint density at radius 1 is 0.805 bits per heavy atom. The van der Waals surface area contributed by atoms with Crippen molar-refractivity contribution in [2.45, 2.75) is 18.9 Å². The summed E-state index contributed by atoms with van der Waals surface area (Å²) in [5, 5.41) is 1.70. The Morgan fingerprint density at radius 3 is 2.02 bits per heavy atom. The number of para-hydroxylation sites is 1. The van der Waals surface area contributed by atoms with Crippen LogP contribution in [0.15, 0.2) is 97.1 Å². The van der Waals surface area contributed by atoms with E-state index in [2.05, 4.69) is 0 Å². The van der Waals surface area contributed by atoms with Gasteiger partial charge in [0.15, 0.2) is 5.78 Å². The fourth-order valence-electron chi connectivity index (χ4n) is 5.62. The average Bonchev–Trinajstić information content (AvgIpc) is 3.26. The number of anilines is 1. The van der Waals surface area contributed by atoms with E-state index in [1.54, 1.807) is 91.4 Å². The number of ether oxygens (including phenoxy) is 1. The number of carbonyl (C=O) groups is 3. The highest BCUT2D eigenvalue weighted by atomic mass is 35.5. The molecule has 1 amide bonds. The van der Waals surface area contributed by atoms with Crippen LogP contribution in [0.25, 0.3) is 10.9 Å². The highest BCUT2D eigenvalue weighted by Gasteiger charge is 2.54. The number of amides is 1. The van der Waals surface area contributed by atoms with Gasteiger partial charge >= 0.3 is 0 Å². The van der Waals surface area contributed by atoms with Crippen LogP contribution in [-0.4, -0.2) is 35.3 Å². The second-order valence-electron chi connectivity index (χ2n) is 9.87. The molecule has 6 nitrogen and oxygen atoms in total. The fourth-order valence-corrected chi connectivity index (χ4v) is 5.88. The van der Waals surface area contributed by atoms with Crippen LogP contribution in [0.4, 0.5) is 5.69 Å². The second kappa shape index (κ2) is 10.5. The lowest BCUT2D eigenvalue weighted by Gasteiger charge is -2.46. The zero-order valence-electron chi connectivity index (χ0n) is 22.2. The predicted octanol–water partition coefficient (Wildman–Crippen LogP) is 7.34. The maximum Gasteiger partial charge on any atom is 0.262 e. The molecule has 5 aromatic rings. The quantitative estimate of drug-likeness (QED) is 0.155. The van der Waals surface area contributed by atoms with Crippen LogP contribution in [0, 0.1) is 6.92 Å². The number of rotatable bonds is 6. The van der Waals surface area contributed by atoms with Crippen LogP contribution in [0.3, 0.4) is 0 Å². The van der Waals surface area contributed by atoms with Crippen molar-refractivity contribution in [3.05, 3.63) is 129 Å². The van der Waals surface area contributed by atoms with Gasteiger partial charge in [0.1, 0.15) is 11.8 Å². The number of hydrogen-bond donors (Lipinski definition) is 0. The number of carbonyl (C=O) groups excluding carboxylic acids is 3. The summed E-state index contributed by atoms with van der Waals surface area (Å²) < 4.78 is 7.10. The van der Waals surface area contributed by atoms with Gasteiger partial charge in [0.25, 0.3) is 5.91 Å². The zero-order chi connectivity index (χ0) is 28.8. The number of benzene rings is 4. The molecule has 0 N–H and O–H groups in total. The molecule has 2 heterocycles. The van der Waals surface area contributed by atoms with Gasteiger partial charge in [-0.2, -0.15) is 0 Å². The molecule has 2 atom stereocenters. The van der Waals surface area contributed by atoms with Crippen molar-refractivity contribution >= 4 is 57.4 Å². The molecular formula is C33H24Cl2N2O4. The van der Waals surface area contributed by atoms with Gasteiger partial charge in [-0.15, -0.1) is 0 Å². The molecule has 1 saturated heterocycles. The molecule has 1 fully saturated rings. The lowest BCUT2D eigenvalue weighted by Crippen LogP contribution is -2.63. The molecule has 1 aliphatic rings. The van der Waals surface area contributed by atoms with Gasteiger partial charge in [-0.3, -0.25) is 23.9 Å². The largest absolute Gasteiger partial charge is 0.497 e. The topological polar surface area (TPSA) is 68.6 Å². The van der Waals surface area contributed by atoms with E-state index >= 15 is 0 Å². The minimum absolute atomic E-state index is 0.220. The zero-order valence-corrected chi connectivity index (χ0v) is 23.7. The van der Waals surface area contributed by atoms with Gasteiger partial charge in [0.2, 0.25) is 5.91 Å². The Hall–Kier alpha value is -4.39. The molecule has 2 unspecified atom stereocenters. The first-order valence-electron chi connectivity index (χ1n) is 13.0. The molecule has 41 heavy (non-hydrogen) atoms. The average molecular weight is 583 g/mol. The van der Waals surface area contributed by atoms with Crippen molar-refractivity contribution in [3.8, 4) is 5.75 Å². The van der Waals surface area contributed by atoms with Crippen molar-refractivity contribution in [1.29, 1.82) is 0 Å². The van der Waals surface area contributed by atoms with Crippen LogP contribution in [0.2, 0.25) is 10.0 Å². The Balaban J connectivity index is 1.55. The number of β-lactam (4-membered cyclic amide) rings is 1. The summed E-state index contributed by atoms with van der Waals surface area (Å²) in [4.78, 5) is 43.5. The molecule has 0 bridgehead atoms. The summed E-state index contributed by atoms with van der Waals surface area (Å²) in [7, 11) is 1.56. The monoisotopic (exact) mass is 582 g/mol.